The molecule has 174 valence electrons. The molecule has 1 aromatic heterocycles. The largest absolute Gasteiger partial charge is 0.337 e. The lowest BCUT2D eigenvalue weighted by atomic mass is 10.0. The van der Waals surface area contributed by atoms with E-state index in [1.165, 1.54) is 53.9 Å². The summed E-state index contributed by atoms with van der Waals surface area (Å²) < 4.78 is 27.1. The van der Waals surface area contributed by atoms with Gasteiger partial charge in [-0.2, -0.15) is 5.26 Å². The molecule has 2 aromatic carbocycles. The summed E-state index contributed by atoms with van der Waals surface area (Å²) in [5, 5.41) is 12.9. The number of nitrogens with zero attached hydrogens (tertiary/aromatic N) is 3. The van der Waals surface area contributed by atoms with Gasteiger partial charge in [0, 0.05) is 31.0 Å². The summed E-state index contributed by atoms with van der Waals surface area (Å²) in [6, 6.07) is 16.5. The van der Waals surface area contributed by atoms with Crippen molar-refractivity contribution in [2.45, 2.75) is 24.8 Å². The number of fused-ring (bicyclic) bond motifs is 1. The fourth-order valence-electron chi connectivity index (χ4n) is 3.77. The van der Waals surface area contributed by atoms with E-state index < -0.39 is 15.9 Å². The highest BCUT2D eigenvalue weighted by Crippen LogP contribution is 2.37. The quantitative estimate of drug-likeness (QED) is 0.583. The lowest BCUT2D eigenvalue weighted by Gasteiger charge is -2.25. The van der Waals surface area contributed by atoms with Crippen LogP contribution in [0.5, 0.6) is 0 Å². The number of sulfonamides is 1. The van der Waals surface area contributed by atoms with Crippen molar-refractivity contribution in [3.63, 3.8) is 0 Å². The van der Waals surface area contributed by atoms with Crippen molar-refractivity contribution in [1.29, 1.82) is 5.26 Å². The van der Waals surface area contributed by atoms with Crippen molar-refractivity contribution < 1.29 is 18.0 Å². The molecule has 1 aliphatic rings. The Labute approximate surface area is 202 Å². The first-order valence-electron chi connectivity index (χ1n) is 10.5. The van der Waals surface area contributed by atoms with Crippen LogP contribution >= 0.6 is 11.3 Å². The maximum atomic E-state index is 12.9. The topological polar surface area (TPSA) is 111 Å². The molecule has 1 N–H and O–H groups in total. The second-order valence-corrected chi connectivity index (χ2v) is 10.9. The molecule has 1 aliphatic heterocycles. The van der Waals surface area contributed by atoms with Crippen molar-refractivity contribution in [1.82, 2.24) is 4.90 Å². The third kappa shape index (κ3) is 4.40. The average Bonchev–Trinajstić information content (AvgIpc) is 3.20. The van der Waals surface area contributed by atoms with Gasteiger partial charge in [-0.05, 0) is 48.4 Å². The lowest BCUT2D eigenvalue weighted by molar-refractivity contribution is -0.129. The monoisotopic (exact) mass is 494 g/mol. The standard InChI is InChI=1S/C24H22N4O4S2/c1-16(29)28-13-12-20-21(14-25)24(33-22(20)15-28)26-23(30)17-8-10-19(11-9-17)34(31,32)27(2)18-6-4-3-5-7-18/h3-11H,12-13,15H2,1-2H3,(H,26,30). The number of nitriles is 1. The van der Waals surface area contributed by atoms with Gasteiger partial charge in [0.1, 0.15) is 11.1 Å². The highest BCUT2D eigenvalue weighted by Gasteiger charge is 2.27. The molecule has 0 fully saturated rings. The zero-order valence-corrected chi connectivity index (χ0v) is 20.2. The summed E-state index contributed by atoms with van der Waals surface area (Å²) in [5.41, 5.74) is 2.08. The first-order chi connectivity index (χ1) is 16.2. The van der Waals surface area contributed by atoms with E-state index in [1.54, 1.807) is 35.2 Å². The first kappa shape index (κ1) is 23.5. The molecule has 10 heteroatoms. The number of para-hydroxylation sites is 1. The molecule has 0 unspecified atom stereocenters. The Kier molecular flexibility index (Phi) is 6.41. The van der Waals surface area contributed by atoms with Crippen molar-refractivity contribution in [3.8, 4) is 6.07 Å². The molecule has 0 bridgehead atoms. The van der Waals surface area contributed by atoms with Gasteiger partial charge < -0.3 is 10.2 Å². The molecule has 3 aromatic rings. The number of nitrogens with one attached hydrogen (secondary N) is 1. The summed E-state index contributed by atoms with van der Waals surface area (Å²) in [4.78, 5) is 27.2. The van der Waals surface area contributed by atoms with Gasteiger partial charge in [0.2, 0.25) is 5.91 Å². The molecule has 0 atom stereocenters. The number of rotatable bonds is 5. The summed E-state index contributed by atoms with van der Waals surface area (Å²) in [5.74, 6) is -0.477. The van der Waals surface area contributed by atoms with E-state index in [-0.39, 0.29) is 16.4 Å². The Morgan fingerprint density at radius 2 is 1.79 bits per heavy atom. The summed E-state index contributed by atoms with van der Waals surface area (Å²) in [6.45, 7) is 2.46. The van der Waals surface area contributed by atoms with Crippen LogP contribution in [0.25, 0.3) is 0 Å². The van der Waals surface area contributed by atoms with Gasteiger partial charge in [0.25, 0.3) is 15.9 Å². The van der Waals surface area contributed by atoms with E-state index in [1.807, 2.05) is 0 Å². The molecule has 0 spiro atoms. The molecule has 2 amide bonds. The van der Waals surface area contributed by atoms with Crippen LogP contribution in [0.2, 0.25) is 0 Å². The SMILES string of the molecule is CC(=O)N1CCc2c(sc(NC(=O)c3ccc(S(=O)(=O)N(C)c4ccccc4)cc3)c2C#N)C1. The number of hydrogen-bond acceptors (Lipinski definition) is 6. The third-order valence-corrected chi connectivity index (χ3v) is 8.67. The molecule has 34 heavy (non-hydrogen) atoms. The molecule has 0 aliphatic carbocycles. The molecule has 8 nitrogen and oxygen atoms in total. The minimum atomic E-state index is -3.79. The predicted molar refractivity (Wildman–Crippen MR) is 130 cm³/mol. The Morgan fingerprint density at radius 3 is 2.41 bits per heavy atom. The predicted octanol–water partition coefficient (Wildman–Crippen LogP) is 3.60. The van der Waals surface area contributed by atoms with Gasteiger partial charge in [0.15, 0.2) is 0 Å². The maximum absolute atomic E-state index is 12.9. The smallest absolute Gasteiger partial charge is 0.264 e. The number of hydrogen-bond donors (Lipinski definition) is 1. The van der Waals surface area contributed by atoms with E-state index in [0.717, 1.165) is 10.4 Å². The van der Waals surface area contributed by atoms with Crippen LogP contribution in [-0.2, 0) is 27.8 Å². The zero-order chi connectivity index (χ0) is 24.5. The minimum Gasteiger partial charge on any atom is -0.337 e. The van der Waals surface area contributed by atoms with Gasteiger partial charge in [-0.3, -0.25) is 13.9 Å². The molecule has 0 saturated heterocycles. The number of anilines is 2. The van der Waals surface area contributed by atoms with Crippen molar-refractivity contribution >= 4 is 43.9 Å². The van der Waals surface area contributed by atoms with Crippen LogP contribution in [0.1, 0.15) is 33.3 Å². The Balaban J connectivity index is 1.53. The number of benzene rings is 2. The van der Waals surface area contributed by atoms with Crippen molar-refractivity contribution in [3.05, 3.63) is 76.2 Å². The van der Waals surface area contributed by atoms with Crippen molar-refractivity contribution in [2.75, 3.05) is 23.2 Å². The second kappa shape index (κ2) is 9.29. The van der Waals surface area contributed by atoms with Gasteiger partial charge >= 0.3 is 0 Å². The fraction of sp³-hybridized carbons (Fsp3) is 0.208. The number of thiophene rings is 1. The van der Waals surface area contributed by atoms with Crippen LogP contribution in [0.4, 0.5) is 10.7 Å². The maximum Gasteiger partial charge on any atom is 0.264 e. The highest BCUT2D eigenvalue weighted by atomic mass is 32.2. The van der Waals surface area contributed by atoms with E-state index in [4.69, 9.17) is 0 Å². The average molecular weight is 495 g/mol. The Morgan fingerprint density at radius 1 is 1.12 bits per heavy atom. The fourth-order valence-corrected chi connectivity index (χ4v) is 6.17. The van der Waals surface area contributed by atoms with Gasteiger partial charge in [0.05, 0.1) is 22.7 Å². The molecule has 0 radical (unpaired) electrons. The molecule has 2 heterocycles. The van der Waals surface area contributed by atoms with Gasteiger partial charge in [-0.25, -0.2) is 8.42 Å². The third-order valence-electron chi connectivity index (χ3n) is 5.74. The van der Waals surface area contributed by atoms with Crippen LogP contribution in [0.3, 0.4) is 0 Å². The Bertz CT molecular complexity index is 1390. The molecule has 4 rings (SSSR count). The van der Waals surface area contributed by atoms with E-state index in [2.05, 4.69) is 11.4 Å². The van der Waals surface area contributed by atoms with Gasteiger partial charge in [-0.1, -0.05) is 18.2 Å². The first-order valence-corrected chi connectivity index (χ1v) is 12.7. The lowest BCUT2D eigenvalue weighted by Crippen LogP contribution is -2.33. The summed E-state index contributed by atoms with van der Waals surface area (Å²) >= 11 is 1.29. The Hall–Kier alpha value is -3.68. The van der Waals surface area contributed by atoms with Crippen LogP contribution in [0, 0.1) is 11.3 Å². The van der Waals surface area contributed by atoms with Crippen molar-refractivity contribution in [2.24, 2.45) is 0 Å². The summed E-state index contributed by atoms with van der Waals surface area (Å²) in [6.07, 6.45) is 0.561. The van der Waals surface area contributed by atoms with E-state index in [9.17, 15) is 23.3 Å². The van der Waals surface area contributed by atoms with E-state index >= 15 is 0 Å². The van der Waals surface area contributed by atoms with Gasteiger partial charge in [-0.15, -0.1) is 11.3 Å². The molecular weight excluding hydrogens is 472 g/mol. The van der Waals surface area contributed by atoms with Crippen LogP contribution in [-0.4, -0.2) is 38.7 Å². The molecular formula is C24H22N4O4S2. The van der Waals surface area contributed by atoms with Crippen LogP contribution in [0.15, 0.2) is 59.5 Å². The summed E-state index contributed by atoms with van der Waals surface area (Å²) in [7, 11) is -2.32. The number of carbonyl (C=O) groups is 2. The number of carbonyl (C=O) groups excluding carboxylic acids is 2. The second-order valence-electron chi connectivity index (χ2n) is 7.80. The highest BCUT2D eigenvalue weighted by molar-refractivity contribution is 7.92. The zero-order valence-electron chi connectivity index (χ0n) is 18.6. The van der Waals surface area contributed by atoms with Crippen LogP contribution < -0.4 is 9.62 Å². The van der Waals surface area contributed by atoms with E-state index in [0.29, 0.717) is 35.8 Å². The minimum absolute atomic E-state index is 0.0314. The molecule has 0 saturated carbocycles. The normalized spacial score (nSPS) is 13.0. The number of amides is 2.